The minimum Gasteiger partial charge on any atom is -0.451 e. The summed E-state index contributed by atoms with van der Waals surface area (Å²) >= 11 is 0. The van der Waals surface area contributed by atoms with E-state index < -0.39 is 5.60 Å². The molecule has 0 unspecified atom stereocenters. The lowest BCUT2D eigenvalue weighted by Crippen LogP contribution is -2.42. The van der Waals surface area contributed by atoms with E-state index in [9.17, 15) is 4.79 Å². The zero-order chi connectivity index (χ0) is 14.3. The SMILES string of the molecule is CNC/C=C/C(=O)OC1(c2ccccc2)CCNCC1. The van der Waals surface area contributed by atoms with Crippen molar-refractivity contribution in [3.8, 4) is 0 Å². The summed E-state index contributed by atoms with van der Waals surface area (Å²) < 4.78 is 5.82. The van der Waals surface area contributed by atoms with Gasteiger partial charge in [-0.05, 0) is 25.7 Å². The minimum absolute atomic E-state index is 0.272. The second-order valence-electron chi connectivity index (χ2n) is 4.99. The molecule has 1 aromatic carbocycles. The molecule has 0 bridgehead atoms. The number of ether oxygens (including phenoxy) is 1. The van der Waals surface area contributed by atoms with Crippen LogP contribution in [0.4, 0.5) is 0 Å². The van der Waals surface area contributed by atoms with Crippen molar-refractivity contribution in [3.63, 3.8) is 0 Å². The van der Waals surface area contributed by atoms with Crippen LogP contribution in [0.3, 0.4) is 0 Å². The van der Waals surface area contributed by atoms with E-state index in [1.54, 1.807) is 6.08 Å². The second-order valence-corrected chi connectivity index (χ2v) is 4.99. The van der Waals surface area contributed by atoms with E-state index in [2.05, 4.69) is 10.6 Å². The maximum atomic E-state index is 12.0. The summed E-state index contributed by atoms with van der Waals surface area (Å²) in [5.41, 5.74) is 0.588. The van der Waals surface area contributed by atoms with Crippen LogP contribution in [0, 0.1) is 0 Å². The van der Waals surface area contributed by atoms with Crippen molar-refractivity contribution in [2.75, 3.05) is 26.7 Å². The van der Waals surface area contributed by atoms with Crippen molar-refractivity contribution in [3.05, 3.63) is 48.0 Å². The summed E-state index contributed by atoms with van der Waals surface area (Å²) in [5.74, 6) is -0.272. The van der Waals surface area contributed by atoms with Gasteiger partial charge in [0.25, 0.3) is 0 Å². The highest BCUT2D eigenvalue weighted by atomic mass is 16.6. The van der Waals surface area contributed by atoms with E-state index >= 15 is 0 Å². The third-order valence-corrected chi connectivity index (χ3v) is 3.58. The van der Waals surface area contributed by atoms with Crippen LogP contribution < -0.4 is 10.6 Å². The Kier molecular flexibility index (Phi) is 5.32. The minimum atomic E-state index is -0.492. The predicted molar refractivity (Wildman–Crippen MR) is 79.4 cm³/mol. The molecule has 0 saturated carbocycles. The number of hydrogen-bond donors (Lipinski definition) is 2. The highest BCUT2D eigenvalue weighted by Gasteiger charge is 2.37. The van der Waals surface area contributed by atoms with Gasteiger partial charge in [-0.15, -0.1) is 0 Å². The average Bonchev–Trinajstić information content (AvgIpc) is 2.49. The predicted octanol–water partition coefficient (Wildman–Crippen LogP) is 1.58. The van der Waals surface area contributed by atoms with E-state index in [0.717, 1.165) is 31.5 Å². The van der Waals surface area contributed by atoms with Gasteiger partial charge in [0.2, 0.25) is 0 Å². The molecule has 0 spiro atoms. The number of nitrogens with one attached hydrogen (secondary N) is 2. The smallest absolute Gasteiger partial charge is 0.331 e. The zero-order valence-corrected chi connectivity index (χ0v) is 11.9. The van der Waals surface area contributed by atoms with Crippen molar-refractivity contribution >= 4 is 5.97 Å². The third kappa shape index (κ3) is 3.68. The van der Waals surface area contributed by atoms with E-state index in [1.807, 2.05) is 37.4 Å². The Bertz CT molecular complexity index is 451. The fraction of sp³-hybridized carbons (Fsp3) is 0.438. The van der Waals surface area contributed by atoms with Crippen LogP contribution in [0.15, 0.2) is 42.5 Å². The van der Waals surface area contributed by atoms with Gasteiger partial charge in [-0.3, -0.25) is 0 Å². The Balaban J connectivity index is 2.14. The third-order valence-electron chi connectivity index (χ3n) is 3.58. The molecule has 1 aliphatic heterocycles. The molecule has 0 radical (unpaired) electrons. The molecule has 4 heteroatoms. The van der Waals surface area contributed by atoms with Gasteiger partial charge in [0.15, 0.2) is 0 Å². The van der Waals surface area contributed by atoms with E-state index in [1.165, 1.54) is 6.08 Å². The van der Waals surface area contributed by atoms with E-state index in [-0.39, 0.29) is 5.97 Å². The van der Waals surface area contributed by atoms with Gasteiger partial charge in [-0.1, -0.05) is 36.4 Å². The molecular formula is C16H22N2O2. The second kappa shape index (κ2) is 7.22. The Morgan fingerprint density at radius 1 is 1.35 bits per heavy atom. The molecule has 2 rings (SSSR count). The highest BCUT2D eigenvalue weighted by Crippen LogP contribution is 2.34. The van der Waals surface area contributed by atoms with Gasteiger partial charge in [-0.25, -0.2) is 4.79 Å². The van der Waals surface area contributed by atoms with Gasteiger partial charge in [0.1, 0.15) is 5.60 Å². The van der Waals surface area contributed by atoms with Crippen LogP contribution in [0.25, 0.3) is 0 Å². The standard InChI is InChI=1S/C16H22N2O2/c1-17-11-5-8-15(19)20-16(9-12-18-13-10-16)14-6-3-2-4-7-14/h2-8,17-18H,9-13H2,1H3/b8-5+. The normalized spacial score (nSPS) is 18.1. The maximum absolute atomic E-state index is 12.0. The molecule has 108 valence electrons. The highest BCUT2D eigenvalue weighted by molar-refractivity contribution is 5.82. The number of esters is 1. The number of benzene rings is 1. The molecular weight excluding hydrogens is 252 g/mol. The molecule has 1 saturated heterocycles. The Morgan fingerprint density at radius 3 is 2.70 bits per heavy atom. The largest absolute Gasteiger partial charge is 0.451 e. The van der Waals surface area contributed by atoms with Crippen molar-refractivity contribution in [2.45, 2.75) is 18.4 Å². The number of carbonyl (C=O) groups excluding carboxylic acids is 1. The summed E-state index contributed by atoms with van der Waals surface area (Å²) in [6.07, 6.45) is 4.90. The Morgan fingerprint density at radius 2 is 2.05 bits per heavy atom. The number of hydrogen-bond acceptors (Lipinski definition) is 4. The first kappa shape index (κ1) is 14.8. The van der Waals surface area contributed by atoms with Crippen LogP contribution in [0.5, 0.6) is 0 Å². The number of piperidine rings is 1. The molecule has 1 fully saturated rings. The first-order valence-corrected chi connectivity index (χ1v) is 7.07. The van der Waals surface area contributed by atoms with E-state index in [4.69, 9.17) is 4.74 Å². The topological polar surface area (TPSA) is 50.4 Å². The Labute approximate surface area is 120 Å². The molecule has 20 heavy (non-hydrogen) atoms. The van der Waals surface area contributed by atoms with E-state index in [0.29, 0.717) is 6.54 Å². The first-order chi connectivity index (χ1) is 9.77. The molecule has 4 nitrogen and oxygen atoms in total. The zero-order valence-electron chi connectivity index (χ0n) is 11.9. The summed E-state index contributed by atoms with van der Waals surface area (Å²) in [6.45, 7) is 2.39. The summed E-state index contributed by atoms with van der Waals surface area (Å²) in [4.78, 5) is 12.0. The molecule has 1 aliphatic rings. The van der Waals surface area contributed by atoms with Gasteiger partial charge in [-0.2, -0.15) is 0 Å². The fourth-order valence-electron chi connectivity index (χ4n) is 2.52. The van der Waals surface area contributed by atoms with Crippen LogP contribution in [-0.4, -0.2) is 32.7 Å². The molecule has 1 aromatic rings. The molecule has 1 heterocycles. The average molecular weight is 274 g/mol. The van der Waals surface area contributed by atoms with Gasteiger partial charge in [0.05, 0.1) is 0 Å². The fourth-order valence-corrected chi connectivity index (χ4v) is 2.52. The van der Waals surface area contributed by atoms with Crippen molar-refractivity contribution in [1.82, 2.24) is 10.6 Å². The monoisotopic (exact) mass is 274 g/mol. The van der Waals surface area contributed by atoms with Crippen molar-refractivity contribution in [1.29, 1.82) is 0 Å². The lowest BCUT2D eigenvalue weighted by Gasteiger charge is -2.37. The molecule has 2 N–H and O–H groups in total. The Hall–Kier alpha value is -1.65. The summed E-state index contributed by atoms with van der Waals surface area (Å²) in [7, 11) is 1.84. The molecule has 0 aliphatic carbocycles. The molecule has 0 atom stereocenters. The van der Waals surface area contributed by atoms with Crippen molar-refractivity contribution < 1.29 is 9.53 Å². The molecule has 0 amide bonds. The van der Waals surface area contributed by atoms with Crippen LogP contribution >= 0.6 is 0 Å². The first-order valence-electron chi connectivity index (χ1n) is 7.07. The number of rotatable bonds is 5. The van der Waals surface area contributed by atoms with Gasteiger partial charge < -0.3 is 15.4 Å². The summed E-state index contributed by atoms with van der Waals surface area (Å²) in [5, 5.41) is 6.28. The van der Waals surface area contributed by atoms with Crippen LogP contribution in [-0.2, 0) is 15.1 Å². The van der Waals surface area contributed by atoms with Crippen LogP contribution in [0.2, 0.25) is 0 Å². The van der Waals surface area contributed by atoms with Gasteiger partial charge >= 0.3 is 5.97 Å². The number of carbonyl (C=O) groups is 1. The number of likely N-dealkylation sites (N-methyl/N-ethyl adjacent to an activating group) is 1. The van der Waals surface area contributed by atoms with Gasteiger partial charge in [0, 0.05) is 25.5 Å². The van der Waals surface area contributed by atoms with Crippen molar-refractivity contribution in [2.24, 2.45) is 0 Å². The lowest BCUT2D eigenvalue weighted by atomic mass is 9.85. The summed E-state index contributed by atoms with van der Waals surface area (Å²) in [6, 6.07) is 10.0. The maximum Gasteiger partial charge on any atom is 0.331 e. The quantitative estimate of drug-likeness (QED) is 0.632. The molecule has 0 aromatic heterocycles. The van der Waals surface area contributed by atoms with Crippen LogP contribution in [0.1, 0.15) is 18.4 Å². The lowest BCUT2D eigenvalue weighted by molar-refractivity contribution is -0.157.